The summed E-state index contributed by atoms with van der Waals surface area (Å²) in [6.07, 6.45) is 5.34. The number of nitrogens with zero attached hydrogens (tertiary/aromatic N) is 1. The van der Waals surface area contributed by atoms with Crippen LogP contribution in [0.4, 0.5) is 0 Å². The number of rotatable bonds is 6. The lowest BCUT2D eigenvalue weighted by Gasteiger charge is -2.21. The van der Waals surface area contributed by atoms with E-state index in [9.17, 15) is 0 Å². The normalized spacial score (nSPS) is 20.8. The molecule has 0 aliphatic carbocycles. The van der Waals surface area contributed by atoms with Crippen LogP contribution in [0.1, 0.15) is 46.0 Å². The molecular formula is C11H21NOS2. The van der Waals surface area contributed by atoms with Crippen LogP contribution in [0.5, 0.6) is 0 Å². The van der Waals surface area contributed by atoms with Crippen molar-refractivity contribution in [2.24, 2.45) is 5.16 Å². The SMILES string of the molecule is CCCC/C(CCC1(C)SCCS1)=N/O. The minimum atomic E-state index is 0.363. The van der Waals surface area contributed by atoms with Gasteiger partial charge >= 0.3 is 0 Å². The van der Waals surface area contributed by atoms with E-state index in [1.807, 2.05) is 23.5 Å². The highest BCUT2D eigenvalue weighted by Crippen LogP contribution is 2.46. The first-order chi connectivity index (χ1) is 7.20. The Kier molecular flexibility index (Phi) is 5.90. The van der Waals surface area contributed by atoms with E-state index in [-0.39, 0.29) is 0 Å². The molecule has 2 nitrogen and oxygen atoms in total. The first-order valence-corrected chi connectivity index (χ1v) is 7.65. The summed E-state index contributed by atoms with van der Waals surface area (Å²) in [7, 11) is 0. The molecule has 0 aromatic rings. The molecule has 0 saturated carbocycles. The van der Waals surface area contributed by atoms with Crippen LogP contribution >= 0.6 is 23.5 Å². The predicted octanol–water partition coefficient (Wildman–Crippen LogP) is 3.98. The van der Waals surface area contributed by atoms with Crippen molar-refractivity contribution in [2.45, 2.75) is 50.0 Å². The van der Waals surface area contributed by atoms with Crippen LogP contribution in [-0.2, 0) is 0 Å². The molecular weight excluding hydrogens is 226 g/mol. The van der Waals surface area contributed by atoms with E-state index in [1.54, 1.807) is 0 Å². The van der Waals surface area contributed by atoms with Gasteiger partial charge in [0.1, 0.15) is 0 Å². The third-order valence-corrected chi connectivity index (χ3v) is 6.14. The molecule has 1 saturated heterocycles. The lowest BCUT2D eigenvalue weighted by atomic mass is 10.1. The Morgan fingerprint density at radius 2 is 2.00 bits per heavy atom. The summed E-state index contributed by atoms with van der Waals surface area (Å²) in [6.45, 7) is 4.48. The zero-order chi connectivity index (χ0) is 11.1. The van der Waals surface area contributed by atoms with Crippen LogP contribution in [0.3, 0.4) is 0 Å². The molecule has 0 unspecified atom stereocenters. The Morgan fingerprint density at radius 1 is 1.33 bits per heavy atom. The molecule has 0 amide bonds. The number of hydrogen-bond acceptors (Lipinski definition) is 4. The highest BCUT2D eigenvalue weighted by atomic mass is 32.2. The average molecular weight is 247 g/mol. The van der Waals surface area contributed by atoms with Gasteiger partial charge in [0.2, 0.25) is 0 Å². The van der Waals surface area contributed by atoms with Gasteiger partial charge in [-0.2, -0.15) is 0 Å². The van der Waals surface area contributed by atoms with Gasteiger partial charge in [-0.05, 0) is 32.6 Å². The van der Waals surface area contributed by atoms with Crippen molar-refractivity contribution in [3.63, 3.8) is 0 Å². The molecule has 1 aliphatic rings. The summed E-state index contributed by atoms with van der Waals surface area (Å²) < 4.78 is 0.363. The summed E-state index contributed by atoms with van der Waals surface area (Å²) in [5, 5.41) is 12.3. The maximum Gasteiger partial charge on any atom is 0.0587 e. The fourth-order valence-corrected chi connectivity index (χ4v) is 4.53. The summed E-state index contributed by atoms with van der Waals surface area (Å²) >= 11 is 4.09. The van der Waals surface area contributed by atoms with Crippen molar-refractivity contribution in [3.8, 4) is 0 Å². The second-order valence-electron chi connectivity index (χ2n) is 4.10. The zero-order valence-electron chi connectivity index (χ0n) is 9.66. The zero-order valence-corrected chi connectivity index (χ0v) is 11.3. The largest absolute Gasteiger partial charge is 0.411 e. The molecule has 1 fully saturated rings. The molecule has 0 bridgehead atoms. The third-order valence-electron chi connectivity index (χ3n) is 2.73. The van der Waals surface area contributed by atoms with E-state index in [2.05, 4.69) is 19.0 Å². The third kappa shape index (κ3) is 4.68. The van der Waals surface area contributed by atoms with Crippen molar-refractivity contribution in [1.29, 1.82) is 0 Å². The Labute approximate surface area is 101 Å². The summed E-state index contributed by atoms with van der Waals surface area (Å²) in [6, 6.07) is 0. The van der Waals surface area contributed by atoms with E-state index < -0.39 is 0 Å². The van der Waals surface area contributed by atoms with E-state index in [4.69, 9.17) is 5.21 Å². The van der Waals surface area contributed by atoms with E-state index in [0.29, 0.717) is 4.08 Å². The monoisotopic (exact) mass is 247 g/mol. The van der Waals surface area contributed by atoms with Crippen molar-refractivity contribution in [2.75, 3.05) is 11.5 Å². The van der Waals surface area contributed by atoms with Crippen LogP contribution in [0.2, 0.25) is 0 Å². The van der Waals surface area contributed by atoms with Gasteiger partial charge in [-0.15, -0.1) is 23.5 Å². The molecule has 88 valence electrons. The quantitative estimate of drug-likeness (QED) is 0.438. The van der Waals surface area contributed by atoms with Gasteiger partial charge in [-0.3, -0.25) is 0 Å². The summed E-state index contributed by atoms with van der Waals surface area (Å²) in [4.78, 5) is 0. The van der Waals surface area contributed by atoms with Crippen molar-refractivity contribution in [1.82, 2.24) is 0 Å². The predicted molar refractivity (Wildman–Crippen MR) is 71.3 cm³/mol. The van der Waals surface area contributed by atoms with Gasteiger partial charge in [0, 0.05) is 11.5 Å². The van der Waals surface area contributed by atoms with Gasteiger partial charge in [0.25, 0.3) is 0 Å². The van der Waals surface area contributed by atoms with Crippen LogP contribution < -0.4 is 0 Å². The molecule has 0 atom stereocenters. The van der Waals surface area contributed by atoms with Crippen molar-refractivity contribution < 1.29 is 5.21 Å². The van der Waals surface area contributed by atoms with Crippen LogP contribution in [-0.4, -0.2) is 26.5 Å². The minimum absolute atomic E-state index is 0.363. The summed E-state index contributed by atoms with van der Waals surface area (Å²) in [5.41, 5.74) is 0.978. The highest BCUT2D eigenvalue weighted by molar-refractivity contribution is 8.21. The molecule has 0 radical (unpaired) electrons. The van der Waals surface area contributed by atoms with Gasteiger partial charge in [-0.1, -0.05) is 18.5 Å². The van der Waals surface area contributed by atoms with Crippen LogP contribution in [0.15, 0.2) is 5.16 Å². The highest BCUT2D eigenvalue weighted by Gasteiger charge is 2.30. The van der Waals surface area contributed by atoms with E-state index in [0.717, 1.165) is 31.4 Å². The van der Waals surface area contributed by atoms with Crippen molar-refractivity contribution in [3.05, 3.63) is 0 Å². The second-order valence-corrected chi connectivity index (χ2v) is 7.55. The van der Waals surface area contributed by atoms with Crippen LogP contribution in [0.25, 0.3) is 0 Å². The molecule has 15 heavy (non-hydrogen) atoms. The Balaban J connectivity index is 2.27. The fourth-order valence-electron chi connectivity index (χ4n) is 1.68. The van der Waals surface area contributed by atoms with Gasteiger partial charge in [0.15, 0.2) is 0 Å². The first-order valence-electron chi connectivity index (χ1n) is 5.68. The molecule has 1 aliphatic heterocycles. The standard InChI is InChI=1S/C11H21NOS2/c1-3-4-5-10(12-13)6-7-11(2)14-8-9-15-11/h13H,3-9H2,1-2H3/b12-10-. The van der Waals surface area contributed by atoms with E-state index in [1.165, 1.54) is 17.9 Å². The molecule has 1 heterocycles. The minimum Gasteiger partial charge on any atom is -0.411 e. The topological polar surface area (TPSA) is 32.6 Å². The number of oxime groups is 1. The first kappa shape index (κ1) is 13.2. The Morgan fingerprint density at radius 3 is 2.53 bits per heavy atom. The lowest BCUT2D eigenvalue weighted by molar-refractivity contribution is 0.315. The van der Waals surface area contributed by atoms with Crippen LogP contribution in [0, 0.1) is 0 Å². The van der Waals surface area contributed by atoms with Gasteiger partial charge < -0.3 is 5.21 Å². The average Bonchev–Trinajstić information content (AvgIpc) is 2.66. The smallest absolute Gasteiger partial charge is 0.0587 e. The molecule has 1 N–H and O–H groups in total. The van der Waals surface area contributed by atoms with Crippen molar-refractivity contribution >= 4 is 29.2 Å². The maximum absolute atomic E-state index is 8.88. The molecule has 1 rings (SSSR count). The molecule has 0 spiro atoms. The number of unbranched alkanes of at least 4 members (excludes halogenated alkanes) is 1. The second kappa shape index (κ2) is 6.69. The maximum atomic E-state index is 8.88. The lowest BCUT2D eigenvalue weighted by Crippen LogP contribution is -2.13. The Hall–Kier alpha value is 0.170. The summed E-state index contributed by atoms with van der Waals surface area (Å²) in [5.74, 6) is 2.53. The fraction of sp³-hybridized carbons (Fsp3) is 0.909. The number of thioether (sulfide) groups is 2. The van der Waals surface area contributed by atoms with Gasteiger partial charge in [0.05, 0.1) is 9.79 Å². The molecule has 0 aromatic carbocycles. The molecule has 0 aromatic heterocycles. The Bertz CT molecular complexity index is 213. The van der Waals surface area contributed by atoms with E-state index >= 15 is 0 Å². The van der Waals surface area contributed by atoms with Gasteiger partial charge in [-0.25, -0.2) is 0 Å². The molecule has 4 heteroatoms. The number of hydrogen-bond donors (Lipinski definition) is 1.